The zero-order valence-corrected chi connectivity index (χ0v) is 13.6. The Labute approximate surface area is 145 Å². The van der Waals surface area contributed by atoms with Gasteiger partial charge in [0.1, 0.15) is 18.5 Å². The number of nitrogens with one attached hydrogen (secondary N) is 1. The number of amides is 1. The van der Waals surface area contributed by atoms with Gasteiger partial charge in [0.2, 0.25) is 0 Å². The normalized spacial score (nSPS) is 19.4. The third kappa shape index (κ3) is 4.58. The second-order valence-corrected chi connectivity index (χ2v) is 5.82. The molecular formula is C19H19NO5. The molecule has 3 rings (SSSR count). The number of carboxylic acids is 1. The number of aliphatic carboxylic acids is 1. The maximum atomic E-state index is 12.1. The second-order valence-electron chi connectivity index (χ2n) is 5.82. The number of benzene rings is 2. The van der Waals surface area contributed by atoms with Crippen LogP contribution in [-0.4, -0.2) is 29.2 Å². The molecule has 0 unspecified atom stereocenters. The molecule has 0 radical (unpaired) electrons. The largest absolute Gasteiger partial charge is 0.489 e. The molecule has 6 heteroatoms. The van der Waals surface area contributed by atoms with E-state index in [0.29, 0.717) is 30.9 Å². The molecule has 0 bridgehead atoms. The molecule has 1 aliphatic rings. The van der Waals surface area contributed by atoms with E-state index in [1.807, 2.05) is 30.3 Å². The first-order valence-corrected chi connectivity index (χ1v) is 8.08. The number of anilines is 1. The van der Waals surface area contributed by atoms with E-state index >= 15 is 0 Å². The monoisotopic (exact) mass is 341 g/mol. The van der Waals surface area contributed by atoms with Gasteiger partial charge >= 0.3 is 5.97 Å². The van der Waals surface area contributed by atoms with Crippen molar-refractivity contribution in [1.29, 1.82) is 0 Å². The molecule has 1 amide bonds. The predicted octanol–water partition coefficient (Wildman–Crippen LogP) is 2.84. The third-order valence-electron chi connectivity index (χ3n) is 3.96. The summed E-state index contributed by atoms with van der Waals surface area (Å²) in [4.78, 5) is 23.0. The van der Waals surface area contributed by atoms with E-state index < -0.39 is 18.2 Å². The Morgan fingerprint density at radius 2 is 1.72 bits per heavy atom. The van der Waals surface area contributed by atoms with Crippen LogP contribution >= 0.6 is 0 Å². The highest BCUT2D eigenvalue weighted by atomic mass is 16.5. The quantitative estimate of drug-likeness (QED) is 0.844. The highest BCUT2D eigenvalue weighted by Crippen LogP contribution is 2.22. The van der Waals surface area contributed by atoms with Crippen LogP contribution in [0.3, 0.4) is 0 Å². The van der Waals surface area contributed by atoms with Gasteiger partial charge in [-0.3, -0.25) is 4.79 Å². The fraction of sp³-hybridized carbons (Fsp3) is 0.263. The first-order chi connectivity index (χ1) is 12.1. The minimum Gasteiger partial charge on any atom is -0.489 e. The maximum absolute atomic E-state index is 12.1. The fourth-order valence-electron chi connectivity index (χ4n) is 2.61. The van der Waals surface area contributed by atoms with E-state index in [1.54, 1.807) is 24.3 Å². The highest BCUT2D eigenvalue weighted by Gasteiger charge is 2.34. The zero-order chi connectivity index (χ0) is 17.6. The lowest BCUT2D eigenvalue weighted by Crippen LogP contribution is -2.29. The molecule has 0 aromatic heterocycles. The lowest BCUT2D eigenvalue weighted by Gasteiger charge is -2.12. The van der Waals surface area contributed by atoms with Gasteiger partial charge in [0.05, 0.1) is 0 Å². The molecule has 1 fully saturated rings. The summed E-state index contributed by atoms with van der Waals surface area (Å²) in [6.07, 6.45) is -0.875. The average Bonchev–Trinajstić information content (AvgIpc) is 3.13. The first-order valence-electron chi connectivity index (χ1n) is 8.08. The summed E-state index contributed by atoms with van der Waals surface area (Å²) in [5.41, 5.74) is 1.69. The SMILES string of the molecule is O=C(Nc1ccc(OCc2ccccc2)cc1)[C@@H]1CC[C@H](C(=O)O)O1. The standard InChI is InChI=1S/C19H19NO5/c21-18(16-10-11-17(25-16)19(22)23)20-14-6-8-15(9-7-14)24-12-13-4-2-1-3-5-13/h1-9,16-17H,10-12H2,(H,20,21)(H,22,23)/t16-,17+/m0/s1. The summed E-state index contributed by atoms with van der Waals surface area (Å²) in [6, 6.07) is 16.9. The molecule has 1 saturated heterocycles. The van der Waals surface area contributed by atoms with Gasteiger partial charge in [-0.15, -0.1) is 0 Å². The maximum Gasteiger partial charge on any atom is 0.332 e. The minimum atomic E-state index is -1.03. The van der Waals surface area contributed by atoms with Crippen LogP contribution in [0.25, 0.3) is 0 Å². The van der Waals surface area contributed by atoms with E-state index in [2.05, 4.69) is 5.32 Å². The van der Waals surface area contributed by atoms with Gasteiger partial charge in [-0.2, -0.15) is 0 Å². The van der Waals surface area contributed by atoms with E-state index in [0.717, 1.165) is 5.56 Å². The topological polar surface area (TPSA) is 84.9 Å². The van der Waals surface area contributed by atoms with Gasteiger partial charge in [-0.1, -0.05) is 30.3 Å². The Morgan fingerprint density at radius 3 is 2.36 bits per heavy atom. The summed E-state index contributed by atoms with van der Waals surface area (Å²) < 4.78 is 10.9. The predicted molar refractivity (Wildman–Crippen MR) is 91.4 cm³/mol. The van der Waals surface area contributed by atoms with Crippen molar-refractivity contribution in [2.45, 2.75) is 31.7 Å². The molecule has 130 valence electrons. The zero-order valence-electron chi connectivity index (χ0n) is 13.6. The summed E-state index contributed by atoms with van der Waals surface area (Å²) in [5, 5.41) is 11.6. The molecule has 0 spiro atoms. The fourth-order valence-corrected chi connectivity index (χ4v) is 2.61. The molecule has 2 N–H and O–H groups in total. The van der Waals surface area contributed by atoms with Crippen LogP contribution in [0.5, 0.6) is 5.75 Å². The van der Waals surface area contributed by atoms with Crippen LogP contribution in [0.15, 0.2) is 54.6 Å². The van der Waals surface area contributed by atoms with Crippen LogP contribution in [0.1, 0.15) is 18.4 Å². The van der Waals surface area contributed by atoms with Crippen molar-refractivity contribution in [3.05, 3.63) is 60.2 Å². The van der Waals surface area contributed by atoms with E-state index in [1.165, 1.54) is 0 Å². The average molecular weight is 341 g/mol. The Hall–Kier alpha value is -2.86. The first kappa shape index (κ1) is 17.0. The number of ether oxygens (including phenoxy) is 2. The number of hydrogen-bond donors (Lipinski definition) is 2. The number of carbonyl (C=O) groups excluding carboxylic acids is 1. The van der Waals surface area contributed by atoms with Gasteiger partial charge in [0.25, 0.3) is 5.91 Å². The Bertz CT molecular complexity index is 729. The molecule has 2 atom stereocenters. The molecule has 1 aliphatic heterocycles. The Morgan fingerprint density at radius 1 is 1.04 bits per heavy atom. The van der Waals surface area contributed by atoms with Gasteiger partial charge in [-0.25, -0.2) is 4.79 Å². The summed E-state index contributed by atoms with van der Waals surface area (Å²) >= 11 is 0. The molecule has 1 heterocycles. The van der Waals surface area contributed by atoms with Crippen molar-refractivity contribution in [3.8, 4) is 5.75 Å². The number of hydrogen-bond acceptors (Lipinski definition) is 4. The van der Waals surface area contributed by atoms with Gasteiger partial charge < -0.3 is 19.9 Å². The van der Waals surface area contributed by atoms with Crippen molar-refractivity contribution < 1.29 is 24.2 Å². The summed E-state index contributed by atoms with van der Waals surface area (Å²) in [6.45, 7) is 0.471. The van der Waals surface area contributed by atoms with Gasteiger partial charge in [0, 0.05) is 5.69 Å². The van der Waals surface area contributed by atoms with Crippen molar-refractivity contribution in [2.75, 3.05) is 5.32 Å². The Kier molecular flexibility index (Phi) is 5.30. The number of carboxylic acid groups (broad SMARTS) is 1. The van der Waals surface area contributed by atoms with Crippen LogP contribution < -0.4 is 10.1 Å². The van der Waals surface area contributed by atoms with E-state index in [4.69, 9.17) is 14.6 Å². The number of rotatable bonds is 6. The van der Waals surface area contributed by atoms with E-state index in [-0.39, 0.29) is 5.91 Å². The number of carbonyl (C=O) groups is 2. The summed E-state index contributed by atoms with van der Waals surface area (Å²) in [5.74, 6) is -0.665. The van der Waals surface area contributed by atoms with Gasteiger partial charge in [-0.05, 0) is 42.7 Å². The molecule has 0 saturated carbocycles. The Balaban J connectivity index is 1.50. The van der Waals surface area contributed by atoms with E-state index in [9.17, 15) is 9.59 Å². The van der Waals surface area contributed by atoms with Crippen LogP contribution in [0.2, 0.25) is 0 Å². The smallest absolute Gasteiger partial charge is 0.332 e. The van der Waals surface area contributed by atoms with Crippen molar-refractivity contribution in [2.24, 2.45) is 0 Å². The summed E-state index contributed by atoms with van der Waals surface area (Å²) in [7, 11) is 0. The minimum absolute atomic E-state index is 0.332. The van der Waals surface area contributed by atoms with Crippen molar-refractivity contribution >= 4 is 17.6 Å². The van der Waals surface area contributed by atoms with Crippen LogP contribution in [-0.2, 0) is 20.9 Å². The molecule has 25 heavy (non-hydrogen) atoms. The molecule has 2 aromatic carbocycles. The molecular weight excluding hydrogens is 322 g/mol. The second kappa shape index (κ2) is 7.81. The van der Waals surface area contributed by atoms with Crippen LogP contribution in [0, 0.1) is 0 Å². The third-order valence-corrected chi connectivity index (χ3v) is 3.96. The molecule has 6 nitrogen and oxygen atoms in total. The van der Waals surface area contributed by atoms with Gasteiger partial charge in [0.15, 0.2) is 6.10 Å². The van der Waals surface area contributed by atoms with Crippen molar-refractivity contribution in [3.63, 3.8) is 0 Å². The molecule has 0 aliphatic carbocycles. The van der Waals surface area contributed by atoms with Crippen molar-refractivity contribution in [1.82, 2.24) is 0 Å². The highest BCUT2D eigenvalue weighted by molar-refractivity contribution is 5.94. The molecule has 2 aromatic rings. The lowest BCUT2D eigenvalue weighted by atomic mass is 10.2. The lowest BCUT2D eigenvalue weighted by molar-refractivity contribution is -0.150. The van der Waals surface area contributed by atoms with Crippen LogP contribution in [0.4, 0.5) is 5.69 Å².